The molecule has 0 aromatic heterocycles. The Morgan fingerprint density at radius 3 is 1.93 bits per heavy atom. The summed E-state index contributed by atoms with van der Waals surface area (Å²) in [5, 5.41) is 15.1. The molecular weight excluding hydrogens is 744 g/mol. The van der Waals surface area contributed by atoms with E-state index < -0.39 is 8.07 Å². The smallest absolute Gasteiger partial charge is 0.256 e. The second-order valence-corrected chi connectivity index (χ2v) is 21.5. The van der Waals surface area contributed by atoms with Crippen LogP contribution in [0, 0.1) is 25.2 Å². The van der Waals surface area contributed by atoms with Gasteiger partial charge in [0.15, 0.2) is 8.07 Å². The summed E-state index contributed by atoms with van der Waals surface area (Å²) in [7, 11) is -2.79. The highest BCUT2D eigenvalue weighted by Gasteiger charge is 2.51. The quantitative estimate of drug-likeness (QED) is 0.167. The van der Waals surface area contributed by atoms with Gasteiger partial charge in [0.2, 0.25) is 0 Å². The summed E-state index contributed by atoms with van der Waals surface area (Å²) in [6.45, 7) is 11.3. The lowest BCUT2D eigenvalue weighted by Gasteiger charge is -2.42. The van der Waals surface area contributed by atoms with E-state index in [0.29, 0.717) is 5.56 Å². The van der Waals surface area contributed by atoms with Crippen LogP contribution in [0.5, 0.6) is 11.5 Å². The molecule has 3 aliphatic heterocycles. The zero-order chi connectivity index (χ0) is 40.9. The Balaban J connectivity index is 1.23. The van der Waals surface area contributed by atoms with E-state index in [1.165, 1.54) is 65.3 Å². The molecule has 8 aromatic carbocycles. The van der Waals surface area contributed by atoms with E-state index in [0.717, 1.165) is 39.3 Å². The lowest BCUT2D eigenvalue weighted by Crippen LogP contribution is -2.73. The van der Waals surface area contributed by atoms with Crippen molar-refractivity contribution in [3.05, 3.63) is 192 Å². The van der Waals surface area contributed by atoms with Gasteiger partial charge in [-0.1, -0.05) is 148 Å². The van der Waals surface area contributed by atoms with Crippen molar-refractivity contribution in [2.45, 2.75) is 40.0 Å². The molecule has 3 heterocycles. The molecular formula is C55H43BN2OSi. The maximum absolute atomic E-state index is 9.47. The van der Waals surface area contributed by atoms with Crippen LogP contribution >= 0.6 is 0 Å². The molecule has 8 aromatic rings. The Labute approximate surface area is 354 Å². The molecule has 0 amide bonds. The third-order valence-electron chi connectivity index (χ3n) is 13.1. The van der Waals surface area contributed by atoms with Crippen LogP contribution in [0.1, 0.15) is 43.0 Å². The van der Waals surface area contributed by atoms with Gasteiger partial charge in [0.25, 0.3) is 6.71 Å². The van der Waals surface area contributed by atoms with Crippen LogP contribution in [-0.4, -0.2) is 14.8 Å². The maximum atomic E-state index is 9.47. The van der Waals surface area contributed by atoms with Crippen molar-refractivity contribution >= 4 is 69.0 Å². The number of rotatable bonds is 4. The Morgan fingerprint density at radius 1 is 0.567 bits per heavy atom. The lowest BCUT2D eigenvalue weighted by atomic mass is 9.34. The minimum absolute atomic E-state index is 0.0218. The molecule has 286 valence electrons. The fourth-order valence-corrected chi connectivity index (χ4v) is 15.5. The molecule has 0 aliphatic carbocycles. The Kier molecular flexibility index (Phi) is 8.05. The zero-order valence-corrected chi connectivity index (χ0v) is 35.5. The molecule has 0 bridgehead atoms. The summed E-state index contributed by atoms with van der Waals surface area (Å²) in [5.74, 6) is 1.77. The van der Waals surface area contributed by atoms with Crippen molar-refractivity contribution in [2.75, 3.05) is 4.90 Å². The fourth-order valence-electron chi connectivity index (χ4n) is 10.4. The Hall–Kier alpha value is -6.87. The molecule has 0 atom stereocenters. The van der Waals surface area contributed by atoms with Crippen molar-refractivity contribution in [3.63, 3.8) is 0 Å². The van der Waals surface area contributed by atoms with Crippen LogP contribution in [-0.2, 0) is 5.41 Å². The number of ether oxygens (including phenoxy) is 1. The molecule has 0 radical (unpaired) electrons. The summed E-state index contributed by atoms with van der Waals surface area (Å²) in [5.41, 5.74) is 16.3. The average Bonchev–Trinajstić information content (AvgIpc) is 3.56. The van der Waals surface area contributed by atoms with E-state index in [9.17, 15) is 5.26 Å². The van der Waals surface area contributed by atoms with Gasteiger partial charge >= 0.3 is 0 Å². The SMILES string of the molecule is Cc1cc2c3c(c1)N(c1ccc(C(C)(C)C)cc1C)c1cc4c(cc1B3c1ccc(-c3ccc(C#N)cc3)cc1O2)-c1ccccc1[Si]4(c1ccccc1)c1ccccc1. The lowest BCUT2D eigenvalue weighted by molar-refractivity contribution is 0.487. The minimum atomic E-state index is -2.79. The van der Waals surface area contributed by atoms with E-state index in [1.54, 1.807) is 0 Å². The number of nitriles is 1. The van der Waals surface area contributed by atoms with Crippen LogP contribution in [0.3, 0.4) is 0 Å². The van der Waals surface area contributed by atoms with Gasteiger partial charge in [0, 0.05) is 17.1 Å². The van der Waals surface area contributed by atoms with E-state index in [-0.39, 0.29) is 12.1 Å². The summed E-state index contributed by atoms with van der Waals surface area (Å²) in [6, 6.07) is 65.3. The van der Waals surface area contributed by atoms with Gasteiger partial charge in [-0.2, -0.15) is 5.26 Å². The summed E-state index contributed by atoms with van der Waals surface area (Å²) in [6.07, 6.45) is 0. The topological polar surface area (TPSA) is 36.3 Å². The summed E-state index contributed by atoms with van der Waals surface area (Å²) in [4.78, 5) is 2.55. The molecule has 3 aliphatic rings. The number of nitrogens with zero attached hydrogens (tertiary/aromatic N) is 2. The van der Waals surface area contributed by atoms with Crippen molar-refractivity contribution < 1.29 is 4.74 Å². The molecule has 0 saturated heterocycles. The molecule has 0 spiro atoms. The highest BCUT2D eigenvalue weighted by atomic mass is 28.3. The first-order valence-corrected chi connectivity index (χ1v) is 22.9. The first-order valence-electron chi connectivity index (χ1n) is 20.9. The molecule has 11 rings (SSSR count). The Morgan fingerprint density at radius 2 is 1.25 bits per heavy atom. The van der Waals surface area contributed by atoms with E-state index in [2.05, 4.69) is 191 Å². The van der Waals surface area contributed by atoms with E-state index >= 15 is 0 Å². The van der Waals surface area contributed by atoms with Gasteiger partial charge in [-0.25, -0.2) is 0 Å². The van der Waals surface area contributed by atoms with E-state index in [1.807, 2.05) is 24.3 Å². The number of hydrogen-bond donors (Lipinski definition) is 0. The first kappa shape index (κ1) is 36.2. The Bertz CT molecular complexity index is 3050. The number of anilines is 3. The van der Waals surface area contributed by atoms with Gasteiger partial charge in [0.05, 0.1) is 11.6 Å². The van der Waals surface area contributed by atoms with Crippen LogP contribution in [0.2, 0.25) is 0 Å². The maximum Gasteiger partial charge on any atom is 0.256 e. The molecule has 3 nitrogen and oxygen atoms in total. The van der Waals surface area contributed by atoms with Crippen molar-refractivity contribution in [1.29, 1.82) is 5.26 Å². The number of hydrogen-bond acceptors (Lipinski definition) is 3. The van der Waals surface area contributed by atoms with Crippen LogP contribution < -0.4 is 46.8 Å². The third kappa shape index (κ3) is 5.27. The predicted octanol–water partition coefficient (Wildman–Crippen LogP) is 8.90. The largest absolute Gasteiger partial charge is 0.458 e. The third-order valence-corrected chi connectivity index (χ3v) is 18.0. The predicted molar refractivity (Wildman–Crippen MR) is 253 cm³/mol. The number of fused-ring (bicyclic) bond motifs is 7. The normalized spacial score (nSPS) is 13.9. The summed E-state index contributed by atoms with van der Waals surface area (Å²) >= 11 is 0. The molecule has 0 N–H and O–H groups in total. The second kappa shape index (κ2) is 13.3. The fraction of sp³-hybridized carbons (Fsp3) is 0.109. The number of aryl methyl sites for hydroxylation is 2. The van der Waals surface area contributed by atoms with Gasteiger partial charge < -0.3 is 9.64 Å². The van der Waals surface area contributed by atoms with Gasteiger partial charge in [-0.05, 0) is 138 Å². The van der Waals surface area contributed by atoms with Crippen LogP contribution in [0.15, 0.2) is 170 Å². The van der Waals surface area contributed by atoms with Crippen LogP contribution in [0.4, 0.5) is 17.1 Å². The molecule has 5 heteroatoms. The van der Waals surface area contributed by atoms with Crippen molar-refractivity contribution in [2.24, 2.45) is 0 Å². The minimum Gasteiger partial charge on any atom is -0.458 e. The van der Waals surface area contributed by atoms with Crippen molar-refractivity contribution in [1.82, 2.24) is 0 Å². The van der Waals surface area contributed by atoms with Gasteiger partial charge in [0.1, 0.15) is 11.5 Å². The highest BCUT2D eigenvalue weighted by molar-refractivity contribution is 7.22. The summed E-state index contributed by atoms with van der Waals surface area (Å²) < 4.78 is 7.03. The second-order valence-electron chi connectivity index (χ2n) is 17.7. The highest BCUT2D eigenvalue weighted by Crippen LogP contribution is 2.45. The first-order chi connectivity index (χ1) is 29.1. The van der Waals surface area contributed by atoms with Crippen molar-refractivity contribution in [3.8, 4) is 39.8 Å². The standard InChI is InChI=1S/C55H43BN2OSi/c1-35-28-49-54-51(29-35)59-50-31-39(38-22-20-37(34-57)21-23-38)24-26-45(50)56(54)46-32-44-43-18-12-13-19-52(43)60(41-14-8-6-9-15-41,42-16-10-7-11-17-42)53(44)33-48(46)58(49)47-27-25-40(30-36(47)2)55(3,4)5/h6-33H,1-5H3. The van der Waals surface area contributed by atoms with Gasteiger partial charge in [-0.3, -0.25) is 0 Å². The average molecular weight is 787 g/mol. The molecule has 60 heavy (non-hydrogen) atoms. The molecule has 0 fully saturated rings. The molecule has 0 saturated carbocycles. The van der Waals surface area contributed by atoms with Gasteiger partial charge in [-0.15, -0.1) is 0 Å². The van der Waals surface area contributed by atoms with Crippen LogP contribution in [0.25, 0.3) is 22.3 Å². The monoisotopic (exact) mass is 786 g/mol. The van der Waals surface area contributed by atoms with E-state index in [4.69, 9.17) is 4.74 Å². The number of benzene rings is 8. The molecule has 0 unspecified atom stereocenters. The zero-order valence-electron chi connectivity index (χ0n) is 34.5.